The lowest BCUT2D eigenvalue weighted by Gasteiger charge is -2.13. The molecule has 0 spiro atoms. The van der Waals surface area contributed by atoms with Gasteiger partial charge < -0.3 is 11.1 Å². The van der Waals surface area contributed by atoms with Crippen LogP contribution < -0.4 is 11.1 Å². The van der Waals surface area contributed by atoms with Crippen molar-refractivity contribution >= 4 is 33.2 Å². The van der Waals surface area contributed by atoms with Gasteiger partial charge in [0.05, 0.1) is 9.40 Å². The van der Waals surface area contributed by atoms with Crippen molar-refractivity contribution < 1.29 is 9.72 Å². The van der Waals surface area contributed by atoms with Crippen molar-refractivity contribution in [1.82, 2.24) is 0 Å². The molecule has 6 nitrogen and oxygen atoms in total. The smallest absolute Gasteiger partial charge is 0.285 e. The fourth-order valence-electron chi connectivity index (χ4n) is 2.08. The van der Waals surface area contributed by atoms with Crippen molar-refractivity contribution in [3.8, 4) is 0 Å². The molecule has 0 aromatic heterocycles. The Labute approximate surface area is 132 Å². The Kier molecular flexibility index (Phi) is 7.31. The Bertz CT molecular complexity index is 508. The minimum Gasteiger partial charge on any atom is -0.330 e. The maximum atomic E-state index is 11.9. The van der Waals surface area contributed by atoms with Gasteiger partial charge in [-0.05, 0) is 53.4 Å². The Morgan fingerprint density at radius 3 is 2.76 bits per heavy atom. The monoisotopic (exact) mass is 357 g/mol. The van der Waals surface area contributed by atoms with Gasteiger partial charge in [0.2, 0.25) is 5.91 Å². The van der Waals surface area contributed by atoms with E-state index < -0.39 is 4.92 Å². The number of amides is 1. The highest BCUT2D eigenvalue weighted by atomic mass is 79.9. The lowest BCUT2D eigenvalue weighted by Crippen LogP contribution is -2.15. The van der Waals surface area contributed by atoms with E-state index in [1.165, 1.54) is 6.07 Å². The van der Waals surface area contributed by atoms with Crippen LogP contribution in [0.1, 0.15) is 32.6 Å². The number of carbonyl (C=O) groups is 1. The molecule has 1 atom stereocenters. The van der Waals surface area contributed by atoms with Gasteiger partial charge in [-0.1, -0.05) is 13.3 Å². The number of nitro benzene ring substituents is 1. The summed E-state index contributed by atoms with van der Waals surface area (Å²) in [5, 5.41) is 13.5. The van der Waals surface area contributed by atoms with Crippen LogP contribution in [-0.2, 0) is 4.79 Å². The number of anilines is 1. The molecule has 116 valence electrons. The van der Waals surface area contributed by atoms with Crippen LogP contribution in [0.3, 0.4) is 0 Å². The largest absolute Gasteiger partial charge is 0.330 e. The molecular formula is C14H20BrN3O3. The maximum Gasteiger partial charge on any atom is 0.285 e. The molecule has 0 heterocycles. The zero-order valence-corrected chi connectivity index (χ0v) is 13.6. The molecule has 0 bridgehead atoms. The van der Waals surface area contributed by atoms with E-state index in [1.807, 2.05) is 0 Å². The van der Waals surface area contributed by atoms with Crippen LogP contribution in [0.4, 0.5) is 11.4 Å². The van der Waals surface area contributed by atoms with E-state index in [0.717, 1.165) is 19.3 Å². The molecule has 0 fully saturated rings. The normalized spacial score (nSPS) is 12.0. The molecule has 0 aliphatic carbocycles. The van der Waals surface area contributed by atoms with Gasteiger partial charge in [0.15, 0.2) is 0 Å². The Balaban J connectivity index is 2.59. The first-order valence-corrected chi connectivity index (χ1v) is 7.71. The maximum absolute atomic E-state index is 11.9. The van der Waals surface area contributed by atoms with Crippen molar-refractivity contribution in [2.45, 2.75) is 32.6 Å². The number of nitrogens with zero attached hydrogens (tertiary/aromatic N) is 1. The molecule has 0 aliphatic rings. The molecule has 7 heteroatoms. The number of hydrogen-bond donors (Lipinski definition) is 2. The van der Waals surface area contributed by atoms with Crippen LogP contribution >= 0.6 is 15.9 Å². The van der Waals surface area contributed by atoms with Gasteiger partial charge in [-0.3, -0.25) is 14.9 Å². The molecule has 1 aromatic carbocycles. The summed E-state index contributed by atoms with van der Waals surface area (Å²) in [6.07, 6.45) is 3.07. The van der Waals surface area contributed by atoms with E-state index in [9.17, 15) is 14.9 Å². The quantitative estimate of drug-likeness (QED) is 0.549. The summed E-state index contributed by atoms with van der Waals surface area (Å²) in [7, 11) is 0. The fraction of sp³-hybridized carbons (Fsp3) is 0.500. The van der Waals surface area contributed by atoms with Crippen molar-refractivity contribution in [2.75, 3.05) is 11.9 Å². The summed E-state index contributed by atoms with van der Waals surface area (Å²) in [5.41, 5.74) is 5.89. The van der Waals surface area contributed by atoms with Crippen LogP contribution in [0.5, 0.6) is 0 Å². The van der Waals surface area contributed by atoms with Gasteiger partial charge in [-0.15, -0.1) is 0 Å². The number of nitrogens with one attached hydrogen (secondary N) is 1. The predicted octanol–water partition coefficient (Wildman–Crippen LogP) is 3.45. The van der Waals surface area contributed by atoms with E-state index in [2.05, 4.69) is 28.2 Å². The van der Waals surface area contributed by atoms with Crippen LogP contribution in [0.25, 0.3) is 0 Å². The summed E-state index contributed by atoms with van der Waals surface area (Å²) in [6, 6.07) is 4.53. The molecule has 1 rings (SSSR count). The number of nitrogens with two attached hydrogens (primary N) is 1. The summed E-state index contributed by atoms with van der Waals surface area (Å²) >= 11 is 3.11. The zero-order valence-electron chi connectivity index (χ0n) is 12.0. The molecule has 0 radical (unpaired) electrons. The second-order valence-corrected chi connectivity index (χ2v) is 5.72. The average molecular weight is 358 g/mol. The Morgan fingerprint density at radius 2 is 2.19 bits per heavy atom. The topological polar surface area (TPSA) is 98.3 Å². The van der Waals surface area contributed by atoms with Crippen molar-refractivity contribution in [2.24, 2.45) is 11.7 Å². The third-order valence-corrected chi connectivity index (χ3v) is 4.03. The third kappa shape index (κ3) is 5.81. The van der Waals surface area contributed by atoms with Gasteiger partial charge >= 0.3 is 0 Å². The van der Waals surface area contributed by atoms with Crippen molar-refractivity contribution in [3.05, 3.63) is 32.8 Å². The van der Waals surface area contributed by atoms with E-state index in [4.69, 9.17) is 5.73 Å². The Hall–Kier alpha value is -1.47. The fourth-order valence-corrected chi connectivity index (χ4v) is 2.47. The highest BCUT2D eigenvalue weighted by Crippen LogP contribution is 2.28. The van der Waals surface area contributed by atoms with Gasteiger partial charge in [-0.25, -0.2) is 0 Å². The minimum absolute atomic E-state index is 0.0673. The highest BCUT2D eigenvalue weighted by molar-refractivity contribution is 9.10. The van der Waals surface area contributed by atoms with Crippen LogP contribution in [0.2, 0.25) is 0 Å². The molecule has 3 N–H and O–H groups in total. The number of rotatable bonds is 8. The van der Waals surface area contributed by atoms with Gasteiger partial charge in [-0.2, -0.15) is 0 Å². The van der Waals surface area contributed by atoms with Crippen molar-refractivity contribution in [1.29, 1.82) is 0 Å². The molecule has 0 saturated carbocycles. The first-order valence-electron chi connectivity index (χ1n) is 6.91. The van der Waals surface area contributed by atoms with Gasteiger partial charge in [0.1, 0.15) is 0 Å². The Morgan fingerprint density at radius 1 is 1.48 bits per heavy atom. The lowest BCUT2D eigenvalue weighted by atomic mass is 9.96. The van der Waals surface area contributed by atoms with Crippen molar-refractivity contribution in [3.63, 3.8) is 0 Å². The molecule has 1 unspecified atom stereocenters. The summed E-state index contributed by atoms with van der Waals surface area (Å²) < 4.78 is 0.388. The minimum atomic E-state index is -0.492. The van der Waals surface area contributed by atoms with E-state index in [1.54, 1.807) is 12.1 Å². The third-order valence-electron chi connectivity index (χ3n) is 3.36. The SMILES string of the molecule is CCC(CCN)CCC(=O)Nc1ccc(Br)c([N+](=O)[O-])c1. The number of benzene rings is 1. The van der Waals surface area contributed by atoms with Crippen LogP contribution in [0.15, 0.2) is 22.7 Å². The summed E-state index contributed by atoms with van der Waals surface area (Å²) in [5.74, 6) is 0.307. The number of nitro groups is 1. The second-order valence-electron chi connectivity index (χ2n) is 4.86. The van der Waals surface area contributed by atoms with Crippen LogP contribution in [0, 0.1) is 16.0 Å². The first kappa shape index (κ1) is 17.6. The van der Waals surface area contributed by atoms with Gasteiger partial charge in [0.25, 0.3) is 5.69 Å². The predicted molar refractivity (Wildman–Crippen MR) is 86.1 cm³/mol. The molecule has 0 aliphatic heterocycles. The average Bonchev–Trinajstić information content (AvgIpc) is 2.45. The number of hydrogen-bond acceptors (Lipinski definition) is 4. The molecule has 1 amide bonds. The molecule has 21 heavy (non-hydrogen) atoms. The van der Waals surface area contributed by atoms with E-state index in [0.29, 0.717) is 29.0 Å². The van der Waals surface area contributed by atoms with Gasteiger partial charge in [0, 0.05) is 18.2 Å². The zero-order chi connectivity index (χ0) is 15.8. The lowest BCUT2D eigenvalue weighted by molar-refractivity contribution is -0.385. The first-order chi connectivity index (χ1) is 9.97. The van der Waals surface area contributed by atoms with Crippen LogP contribution in [-0.4, -0.2) is 17.4 Å². The summed E-state index contributed by atoms with van der Waals surface area (Å²) in [4.78, 5) is 22.2. The number of halogens is 1. The standard InChI is InChI=1S/C14H20BrN3O3/c1-2-10(7-8-16)3-6-14(19)17-11-4-5-12(15)13(9-11)18(20)21/h4-5,9-10H,2-3,6-8,16H2,1H3,(H,17,19). The number of carbonyl (C=O) groups excluding carboxylic acids is 1. The van der Waals surface area contributed by atoms with E-state index >= 15 is 0 Å². The molecule has 1 aromatic rings. The highest BCUT2D eigenvalue weighted by Gasteiger charge is 2.14. The second kappa shape index (κ2) is 8.74. The molecular weight excluding hydrogens is 338 g/mol. The summed E-state index contributed by atoms with van der Waals surface area (Å²) in [6.45, 7) is 2.70. The van der Waals surface area contributed by atoms with E-state index in [-0.39, 0.29) is 11.6 Å². The molecule has 0 saturated heterocycles.